The van der Waals surface area contributed by atoms with Crippen molar-refractivity contribution >= 4 is 38.9 Å². The molecule has 1 aliphatic heterocycles. The number of nitrogens with one attached hydrogen (secondary N) is 1. The van der Waals surface area contributed by atoms with Crippen LogP contribution >= 0.6 is 11.3 Å². The number of aryl methyl sites for hydroxylation is 1. The predicted molar refractivity (Wildman–Crippen MR) is 125 cm³/mol. The SMILES string of the molecule is Cc1cnc2c(C(=O)N3CC[C@@H](c4c(C(=O)NC(C)C)sc5ccccc45)C3)cnn2c1. The normalized spacial score (nSPS) is 16.4. The number of thiophene rings is 1. The molecule has 0 aliphatic carbocycles. The van der Waals surface area contributed by atoms with Gasteiger partial charge >= 0.3 is 0 Å². The number of carbonyl (C=O) groups excluding carboxylic acids is 2. The lowest BCUT2D eigenvalue weighted by atomic mass is 9.95. The minimum absolute atomic E-state index is 0.0387. The maximum Gasteiger partial charge on any atom is 0.261 e. The number of aromatic nitrogens is 3. The first-order valence-corrected chi connectivity index (χ1v) is 11.7. The molecule has 4 heterocycles. The molecule has 4 aromatic rings. The third kappa shape index (κ3) is 3.54. The standard InChI is InChI=1S/C24H25N5O2S/c1-14(2)27-23(30)21-20(17-6-4-5-7-19(17)32-21)16-8-9-28(13-16)24(31)18-11-26-29-12-15(3)10-25-22(18)29/h4-7,10-12,14,16H,8-9,13H2,1-3H3,(H,27,30)/t16-/m1/s1. The molecular weight excluding hydrogens is 422 g/mol. The molecule has 5 rings (SSSR count). The number of carbonyl (C=O) groups is 2. The van der Waals surface area contributed by atoms with Gasteiger partial charge in [-0.3, -0.25) is 9.59 Å². The Morgan fingerprint density at radius 3 is 2.84 bits per heavy atom. The molecule has 0 spiro atoms. The fourth-order valence-corrected chi connectivity index (χ4v) is 5.63. The van der Waals surface area contributed by atoms with Crippen LogP contribution in [0, 0.1) is 6.92 Å². The Kier molecular flexibility index (Phi) is 5.17. The van der Waals surface area contributed by atoms with Gasteiger partial charge in [-0.25, -0.2) is 9.50 Å². The van der Waals surface area contributed by atoms with Gasteiger partial charge in [0.15, 0.2) is 5.65 Å². The minimum atomic E-state index is -0.0634. The summed E-state index contributed by atoms with van der Waals surface area (Å²) < 4.78 is 2.75. The number of fused-ring (bicyclic) bond motifs is 2. The maximum absolute atomic E-state index is 13.3. The number of hydrogen-bond donors (Lipinski definition) is 1. The molecule has 1 saturated heterocycles. The van der Waals surface area contributed by atoms with E-state index in [9.17, 15) is 9.59 Å². The smallest absolute Gasteiger partial charge is 0.261 e. The quantitative estimate of drug-likeness (QED) is 0.512. The van der Waals surface area contributed by atoms with E-state index in [0.717, 1.165) is 32.5 Å². The summed E-state index contributed by atoms with van der Waals surface area (Å²) in [5.41, 5.74) is 3.13. The zero-order chi connectivity index (χ0) is 22.4. The van der Waals surface area contributed by atoms with Gasteiger partial charge in [-0.15, -0.1) is 11.3 Å². The molecule has 0 radical (unpaired) electrons. The van der Waals surface area contributed by atoms with E-state index in [2.05, 4.69) is 27.5 Å². The van der Waals surface area contributed by atoms with Gasteiger partial charge in [0.05, 0.1) is 11.1 Å². The van der Waals surface area contributed by atoms with Crippen molar-refractivity contribution in [1.82, 2.24) is 24.8 Å². The maximum atomic E-state index is 13.3. The van der Waals surface area contributed by atoms with Gasteiger partial charge in [0, 0.05) is 42.1 Å². The highest BCUT2D eigenvalue weighted by Crippen LogP contribution is 2.40. The molecule has 164 valence electrons. The Bertz CT molecular complexity index is 1340. The Balaban J connectivity index is 1.46. The number of benzene rings is 1. The zero-order valence-corrected chi connectivity index (χ0v) is 19.1. The molecule has 1 aromatic carbocycles. The second-order valence-electron chi connectivity index (χ2n) is 8.66. The summed E-state index contributed by atoms with van der Waals surface area (Å²) in [6, 6.07) is 8.20. The number of likely N-dealkylation sites (tertiary alicyclic amines) is 1. The topological polar surface area (TPSA) is 79.6 Å². The lowest BCUT2D eigenvalue weighted by Gasteiger charge is -2.17. The lowest BCUT2D eigenvalue weighted by Crippen LogP contribution is -2.31. The molecule has 7 nitrogen and oxygen atoms in total. The van der Waals surface area contributed by atoms with Gasteiger partial charge < -0.3 is 10.2 Å². The van der Waals surface area contributed by atoms with E-state index in [1.807, 2.05) is 44.0 Å². The second kappa shape index (κ2) is 8.02. The first-order chi connectivity index (χ1) is 15.4. The van der Waals surface area contributed by atoms with Gasteiger partial charge in [0.1, 0.15) is 5.56 Å². The van der Waals surface area contributed by atoms with Crippen LogP contribution in [0.3, 0.4) is 0 Å². The minimum Gasteiger partial charge on any atom is -0.349 e. The van der Waals surface area contributed by atoms with Gasteiger partial charge in [-0.1, -0.05) is 18.2 Å². The summed E-state index contributed by atoms with van der Waals surface area (Å²) in [6.45, 7) is 7.09. The van der Waals surface area contributed by atoms with Crippen LogP contribution in [0.25, 0.3) is 15.7 Å². The summed E-state index contributed by atoms with van der Waals surface area (Å²) in [5.74, 6) is 0.00907. The van der Waals surface area contributed by atoms with E-state index in [1.54, 1.807) is 16.9 Å². The summed E-state index contributed by atoms with van der Waals surface area (Å²) in [5, 5.41) is 8.45. The van der Waals surface area contributed by atoms with Crippen LogP contribution < -0.4 is 5.32 Å². The van der Waals surface area contributed by atoms with Crippen LogP contribution in [0.1, 0.15) is 57.3 Å². The summed E-state index contributed by atoms with van der Waals surface area (Å²) in [7, 11) is 0. The van der Waals surface area contributed by atoms with Gasteiger partial charge in [-0.2, -0.15) is 5.10 Å². The van der Waals surface area contributed by atoms with Crippen molar-refractivity contribution in [3.63, 3.8) is 0 Å². The van der Waals surface area contributed by atoms with Crippen molar-refractivity contribution in [2.45, 2.75) is 39.2 Å². The van der Waals surface area contributed by atoms with Crippen LogP contribution in [-0.4, -0.2) is 50.4 Å². The number of amides is 2. The van der Waals surface area contributed by atoms with Crippen LogP contribution in [0.5, 0.6) is 0 Å². The van der Waals surface area contributed by atoms with E-state index >= 15 is 0 Å². The Morgan fingerprint density at radius 2 is 2.03 bits per heavy atom. The first kappa shape index (κ1) is 20.6. The van der Waals surface area contributed by atoms with E-state index in [0.29, 0.717) is 24.3 Å². The van der Waals surface area contributed by atoms with Crippen LogP contribution in [0.2, 0.25) is 0 Å². The van der Waals surface area contributed by atoms with Crippen LogP contribution in [-0.2, 0) is 0 Å². The monoisotopic (exact) mass is 447 g/mol. The molecule has 0 saturated carbocycles. The number of rotatable bonds is 4. The zero-order valence-electron chi connectivity index (χ0n) is 18.3. The first-order valence-electron chi connectivity index (χ1n) is 10.8. The van der Waals surface area contributed by atoms with Crippen LogP contribution in [0.15, 0.2) is 42.9 Å². The Labute approximate surface area is 190 Å². The van der Waals surface area contributed by atoms with E-state index in [-0.39, 0.29) is 23.8 Å². The fraction of sp³-hybridized carbons (Fsp3) is 0.333. The summed E-state index contributed by atoms with van der Waals surface area (Å²) in [6.07, 6.45) is 6.03. The fourth-order valence-electron chi connectivity index (χ4n) is 4.44. The average molecular weight is 448 g/mol. The molecule has 32 heavy (non-hydrogen) atoms. The van der Waals surface area contributed by atoms with Crippen molar-refractivity contribution < 1.29 is 9.59 Å². The largest absolute Gasteiger partial charge is 0.349 e. The predicted octanol–water partition coefficient (Wildman–Crippen LogP) is 4.02. The number of nitrogens with zero attached hydrogens (tertiary/aromatic N) is 4. The van der Waals surface area contributed by atoms with E-state index in [1.165, 1.54) is 11.3 Å². The molecule has 1 atom stereocenters. The van der Waals surface area contributed by atoms with E-state index < -0.39 is 0 Å². The highest BCUT2D eigenvalue weighted by Gasteiger charge is 2.34. The lowest BCUT2D eigenvalue weighted by molar-refractivity contribution is 0.0792. The number of hydrogen-bond acceptors (Lipinski definition) is 5. The van der Waals surface area contributed by atoms with Gasteiger partial charge in [-0.05, 0) is 49.8 Å². The molecular formula is C24H25N5O2S. The van der Waals surface area contributed by atoms with Crippen molar-refractivity contribution in [2.24, 2.45) is 0 Å². The highest BCUT2D eigenvalue weighted by molar-refractivity contribution is 7.21. The van der Waals surface area contributed by atoms with Crippen molar-refractivity contribution in [3.05, 3.63) is 64.4 Å². The molecule has 2 amide bonds. The summed E-state index contributed by atoms with van der Waals surface area (Å²) >= 11 is 1.53. The van der Waals surface area contributed by atoms with Gasteiger partial charge in [0.2, 0.25) is 0 Å². The van der Waals surface area contributed by atoms with Crippen molar-refractivity contribution in [1.29, 1.82) is 0 Å². The average Bonchev–Trinajstić information content (AvgIpc) is 3.48. The molecule has 1 aliphatic rings. The Morgan fingerprint density at radius 1 is 1.22 bits per heavy atom. The van der Waals surface area contributed by atoms with Crippen molar-refractivity contribution in [3.8, 4) is 0 Å². The molecule has 0 unspecified atom stereocenters. The second-order valence-corrected chi connectivity index (χ2v) is 9.72. The Hall–Kier alpha value is -3.26. The van der Waals surface area contributed by atoms with Crippen LogP contribution in [0.4, 0.5) is 0 Å². The molecule has 8 heteroatoms. The molecule has 1 N–H and O–H groups in total. The third-order valence-electron chi connectivity index (χ3n) is 5.86. The van der Waals surface area contributed by atoms with Crippen molar-refractivity contribution in [2.75, 3.05) is 13.1 Å². The third-order valence-corrected chi connectivity index (χ3v) is 7.04. The molecule has 3 aromatic heterocycles. The molecule has 1 fully saturated rings. The highest BCUT2D eigenvalue weighted by atomic mass is 32.1. The summed E-state index contributed by atoms with van der Waals surface area (Å²) in [4.78, 5) is 33.3. The van der Waals surface area contributed by atoms with Gasteiger partial charge in [0.25, 0.3) is 11.8 Å². The molecule has 0 bridgehead atoms. The van der Waals surface area contributed by atoms with E-state index in [4.69, 9.17) is 0 Å².